The number of hydrogen-bond donors (Lipinski definition) is 0. The van der Waals surface area contributed by atoms with Crippen LogP contribution in [0.25, 0.3) is 21.6 Å². The van der Waals surface area contributed by atoms with Crippen molar-refractivity contribution < 1.29 is 4.48 Å². The fraction of sp³-hybridized carbons (Fsp3) is 0.636. The van der Waals surface area contributed by atoms with Gasteiger partial charge < -0.3 is 4.48 Å². The van der Waals surface area contributed by atoms with Gasteiger partial charge in [-0.3, -0.25) is 0 Å². The number of benzene rings is 2. The minimum absolute atomic E-state index is 0.105. The van der Waals surface area contributed by atoms with Crippen molar-refractivity contribution in [1.82, 2.24) is 0 Å². The predicted molar refractivity (Wildman–Crippen MR) is 206 cm³/mol. The maximum absolute atomic E-state index is 2.69. The van der Waals surface area contributed by atoms with Gasteiger partial charge in [-0.05, 0) is 110 Å². The van der Waals surface area contributed by atoms with Crippen LogP contribution in [0.5, 0.6) is 0 Å². The molecule has 254 valence electrons. The minimum Gasteiger partial charge on any atom is -0.331 e. The summed E-state index contributed by atoms with van der Waals surface area (Å²) in [4.78, 5) is 2.99. The van der Waals surface area contributed by atoms with Gasteiger partial charge in [-0.25, -0.2) is 0 Å². The molecule has 1 aromatic heterocycles. The monoisotopic (exact) mass is 643 g/mol. The second kappa shape index (κ2) is 17.0. The number of thiophene rings is 1. The summed E-state index contributed by atoms with van der Waals surface area (Å²) in [5.74, 6) is 1.53. The zero-order chi connectivity index (χ0) is 33.3. The first-order valence-corrected chi connectivity index (χ1v) is 20.0. The minimum atomic E-state index is 0.105. The number of unbranched alkanes of at least 4 members (excludes halogenated alkanes) is 5. The van der Waals surface area contributed by atoms with Crippen LogP contribution in [0.2, 0.25) is 0 Å². The smallest absolute Gasteiger partial charge is 0.0780 e. The highest BCUT2D eigenvalue weighted by Gasteiger charge is 2.45. The third-order valence-corrected chi connectivity index (χ3v) is 12.2. The van der Waals surface area contributed by atoms with E-state index >= 15 is 0 Å². The molecule has 0 radical (unpaired) electrons. The van der Waals surface area contributed by atoms with Crippen molar-refractivity contribution in [2.24, 2.45) is 11.8 Å². The Labute approximate surface area is 288 Å². The molecule has 4 rings (SSSR count). The van der Waals surface area contributed by atoms with Gasteiger partial charge >= 0.3 is 0 Å². The maximum atomic E-state index is 2.69. The Balaban J connectivity index is 1.75. The van der Waals surface area contributed by atoms with Gasteiger partial charge in [-0.2, -0.15) is 0 Å². The van der Waals surface area contributed by atoms with E-state index in [1.165, 1.54) is 135 Å². The predicted octanol–water partition coefficient (Wildman–Crippen LogP) is 13.3. The zero-order valence-corrected chi connectivity index (χ0v) is 32.2. The van der Waals surface area contributed by atoms with Gasteiger partial charge in [0.2, 0.25) is 0 Å². The lowest BCUT2D eigenvalue weighted by atomic mass is 9.65. The van der Waals surface area contributed by atoms with E-state index in [4.69, 9.17) is 0 Å². The number of quaternary nitrogens is 1. The van der Waals surface area contributed by atoms with Crippen molar-refractivity contribution in [3.8, 4) is 21.6 Å². The first-order valence-electron chi connectivity index (χ1n) is 19.2. The summed E-state index contributed by atoms with van der Waals surface area (Å²) in [6, 6.07) is 17.6. The highest BCUT2D eigenvalue weighted by atomic mass is 32.1. The van der Waals surface area contributed by atoms with Crippen LogP contribution in [0.4, 0.5) is 0 Å². The fourth-order valence-electron chi connectivity index (χ4n) is 8.40. The van der Waals surface area contributed by atoms with E-state index in [1.54, 1.807) is 16.7 Å². The molecule has 0 bridgehead atoms. The number of fused-ring (bicyclic) bond motifs is 3. The third-order valence-electron chi connectivity index (χ3n) is 11.1. The first kappa shape index (κ1) is 36.9. The summed E-state index contributed by atoms with van der Waals surface area (Å²) in [6.07, 6.45) is 19.7. The van der Waals surface area contributed by atoms with Crippen LogP contribution in [0.3, 0.4) is 0 Å². The molecule has 2 unspecified atom stereocenters. The van der Waals surface area contributed by atoms with Crippen LogP contribution >= 0.6 is 11.3 Å². The summed E-state index contributed by atoms with van der Waals surface area (Å²) in [6.45, 7) is 15.5. The highest BCUT2D eigenvalue weighted by molar-refractivity contribution is 7.15. The van der Waals surface area contributed by atoms with Gasteiger partial charge in [-0.15, -0.1) is 11.3 Å². The van der Waals surface area contributed by atoms with Gasteiger partial charge in [0, 0.05) is 15.2 Å². The molecular weight excluding hydrogens is 575 g/mol. The van der Waals surface area contributed by atoms with E-state index in [-0.39, 0.29) is 5.41 Å². The zero-order valence-electron chi connectivity index (χ0n) is 31.4. The molecule has 2 atom stereocenters. The van der Waals surface area contributed by atoms with Crippen LogP contribution in [0, 0.1) is 25.7 Å². The molecule has 0 saturated carbocycles. The Bertz CT molecular complexity index is 1350. The third kappa shape index (κ3) is 9.16. The van der Waals surface area contributed by atoms with E-state index in [1.807, 2.05) is 11.3 Å². The lowest BCUT2D eigenvalue weighted by molar-refractivity contribution is -0.870. The van der Waals surface area contributed by atoms with E-state index in [2.05, 4.69) is 105 Å². The number of rotatable bonds is 20. The Hall–Kier alpha value is -1.90. The number of aryl methyl sites for hydroxylation is 3. The van der Waals surface area contributed by atoms with E-state index in [0.717, 1.165) is 16.3 Å². The van der Waals surface area contributed by atoms with Crippen molar-refractivity contribution >= 4 is 11.3 Å². The van der Waals surface area contributed by atoms with E-state index < -0.39 is 0 Å². The van der Waals surface area contributed by atoms with Crippen molar-refractivity contribution in [2.45, 2.75) is 143 Å². The quantitative estimate of drug-likeness (QED) is 0.0849. The summed E-state index contributed by atoms with van der Waals surface area (Å²) in [7, 11) is 6.94. The second-order valence-corrected chi connectivity index (χ2v) is 17.3. The molecule has 0 saturated heterocycles. The van der Waals surface area contributed by atoms with Gasteiger partial charge in [-0.1, -0.05) is 121 Å². The highest BCUT2D eigenvalue weighted by Crippen LogP contribution is 2.57. The number of nitrogens with zero attached hydrogens (tertiary/aromatic N) is 1. The standard InChI is InChI=1S/C44H68NS/c1-10-14-20-35(12-3)31-44(32-36(13-4)21-15-11-2)41-28-33(5)23-25-39(41)40-26-24-38(30-42(40)44)43-37(29-34(6)46-43)22-18-16-17-19-27-45(7,8)9/h23-26,28-30,35-36H,10-22,27,31-32H2,1-9H3/q+1. The molecule has 2 aromatic carbocycles. The second-order valence-electron chi connectivity index (χ2n) is 16.0. The van der Waals surface area contributed by atoms with Crippen LogP contribution in [0.1, 0.15) is 145 Å². The normalized spacial score (nSPS) is 17.2. The van der Waals surface area contributed by atoms with Crippen molar-refractivity contribution in [3.05, 3.63) is 69.6 Å². The summed E-state index contributed by atoms with van der Waals surface area (Å²) >= 11 is 2.03. The lowest BCUT2D eigenvalue weighted by Crippen LogP contribution is -2.35. The van der Waals surface area contributed by atoms with Gasteiger partial charge in [0.1, 0.15) is 0 Å². The summed E-state index contributed by atoms with van der Waals surface area (Å²) in [5.41, 5.74) is 10.9. The average molecular weight is 643 g/mol. The molecule has 2 heteroatoms. The SMILES string of the molecule is CCCCC(CC)CC1(CC(CC)CCCC)c2cc(C)ccc2-c2ccc(-c3sc(C)cc3CCCCCC[N+](C)(C)C)cc21. The van der Waals surface area contributed by atoms with Crippen LogP contribution in [-0.4, -0.2) is 32.2 Å². The summed E-state index contributed by atoms with van der Waals surface area (Å²) < 4.78 is 1.08. The molecule has 0 N–H and O–H groups in total. The Morgan fingerprint density at radius 2 is 1.26 bits per heavy atom. The molecular formula is C44H68NS+. The Morgan fingerprint density at radius 3 is 1.85 bits per heavy atom. The van der Waals surface area contributed by atoms with Crippen LogP contribution in [-0.2, 0) is 11.8 Å². The molecule has 0 amide bonds. The molecule has 0 aliphatic heterocycles. The Morgan fingerprint density at radius 1 is 0.674 bits per heavy atom. The van der Waals surface area contributed by atoms with Crippen molar-refractivity contribution in [1.29, 1.82) is 0 Å². The summed E-state index contributed by atoms with van der Waals surface area (Å²) in [5, 5.41) is 0. The largest absolute Gasteiger partial charge is 0.331 e. The molecule has 1 aliphatic carbocycles. The fourth-order valence-corrected chi connectivity index (χ4v) is 9.46. The molecule has 1 nitrogen and oxygen atoms in total. The maximum Gasteiger partial charge on any atom is 0.0780 e. The van der Waals surface area contributed by atoms with Crippen LogP contribution in [0.15, 0.2) is 42.5 Å². The van der Waals surface area contributed by atoms with Crippen molar-refractivity contribution in [3.63, 3.8) is 0 Å². The van der Waals surface area contributed by atoms with Crippen molar-refractivity contribution in [2.75, 3.05) is 27.7 Å². The average Bonchev–Trinajstić information content (AvgIpc) is 3.52. The molecule has 1 heterocycles. The topological polar surface area (TPSA) is 0 Å². The molecule has 46 heavy (non-hydrogen) atoms. The number of hydrogen-bond acceptors (Lipinski definition) is 1. The van der Waals surface area contributed by atoms with Crippen LogP contribution < -0.4 is 0 Å². The Kier molecular flexibility index (Phi) is 13.6. The van der Waals surface area contributed by atoms with Gasteiger partial charge in [0.05, 0.1) is 27.7 Å². The molecule has 3 aromatic rings. The van der Waals surface area contributed by atoms with E-state index in [9.17, 15) is 0 Å². The molecule has 0 spiro atoms. The molecule has 1 aliphatic rings. The molecule has 0 fully saturated rings. The first-order chi connectivity index (χ1) is 22.0. The van der Waals surface area contributed by atoms with Gasteiger partial charge in [0.15, 0.2) is 0 Å². The van der Waals surface area contributed by atoms with Gasteiger partial charge in [0.25, 0.3) is 0 Å². The lowest BCUT2D eigenvalue weighted by Gasteiger charge is -2.39. The van der Waals surface area contributed by atoms with E-state index in [0.29, 0.717) is 0 Å².